The van der Waals surface area contributed by atoms with E-state index < -0.39 is 0 Å². The summed E-state index contributed by atoms with van der Waals surface area (Å²) in [7, 11) is 0. The van der Waals surface area contributed by atoms with Crippen molar-refractivity contribution in [1.29, 1.82) is 5.26 Å². The Kier molecular flexibility index (Phi) is 8.24. The molecule has 0 saturated carbocycles. The molecule has 0 N–H and O–H groups in total. The fourth-order valence-electron chi connectivity index (χ4n) is 10.2. The lowest BCUT2D eigenvalue weighted by Gasteiger charge is -2.20. The van der Waals surface area contributed by atoms with Gasteiger partial charge in [0.05, 0.1) is 44.4 Å². The summed E-state index contributed by atoms with van der Waals surface area (Å²) in [6.07, 6.45) is 0. The summed E-state index contributed by atoms with van der Waals surface area (Å²) in [4.78, 5) is 0. The van der Waals surface area contributed by atoms with Gasteiger partial charge in [-0.25, -0.2) is 0 Å². The molecule has 65 heavy (non-hydrogen) atoms. The summed E-state index contributed by atoms with van der Waals surface area (Å²) in [5.41, 5.74) is 16.9. The van der Waals surface area contributed by atoms with E-state index >= 15 is 0 Å². The van der Waals surface area contributed by atoms with E-state index in [1.807, 2.05) is 18.2 Å². The van der Waals surface area contributed by atoms with Gasteiger partial charge in [-0.1, -0.05) is 164 Å². The van der Waals surface area contributed by atoms with Gasteiger partial charge in [0.15, 0.2) is 0 Å². The molecule has 0 spiro atoms. The van der Waals surface area contributed by atoms with Crippen LogP contribution in [0.2, 0.25) is 0 Å². The van der Waals surface area contributed by atoms with E-state index in [0.717, 1.165) is 116 Å². The van der Waals surface area contributed by atoms with E-state index in [1.165, 1.54) is 0 Å². The number of hydrogen-bond acceptors (Lipinski definition) is 2. The van der Waals surface area contributed by atoms with Crippen molar-refractivity contribution < 1.29 is 4.42 Å². The molecule has 13 aromatic rings. The highest BCUT2D eigenvalue weighted by atomic mass is 16.3. The Morgan fingerprint density at radius 1 is 0.308 bits per heavy atom. The molecule has 3 heterocycles. The predicted octanol–water partition coefficient (Wildman–Crippen LogP) is 16.3. The third-order valence-electron chi connectivity index (χ3n) is 13.1. The van der Waals surface area contributed by atoms with Gasteiger partial charge in [-0.2, -0.15) is 5.26 Å². The first-order chi connectivity index (χ1) is 32.2. The minimum absolute atomic E-state index is 0.515. The van der Waals surface area contributed by atoms with Crippen LogP contribution >= 0.6 is 0 Å². The molecular formula is C61H37N3O. The molecule has 0 aliphatic heterocycles. The number of rotatable bonds is 6. The maximum atomic E-state index is 11.4. The Labute approximate surface area is 374 Å². The van der Waals surface area contributed by atoms with E-state index in [9.17, 15) is 5.26 Å². The van der Waals surface area contributed by atoms with Gasteiger partial charge in [-0.05, 0) is 99.1 Å². The van der Waals surface area contributed by atoms with Crippen LogP contribution in [0.4, 0.5) is 0 Å². The highest BCUT2D eigenvalue weighted by molar-refractivity contribution is 6.19. The second-order valence-corrected chi connectivity index (χ2v) is 16.8. The third kappa shape index (κ3) is 5.77. The van der Waals surface area contributed by atoms with Gasteiger partial charge >= 0.3 is 0 Å². The number of furan rings is 1. The minimum atomic E-state index is 0.515. The van der Waals surface area contributed by atoms with Gasteiger partial charge in [-0.15, -0.1) is 0 Å². The van der Waals surface area contributed by atoms with Crippen molar-refractivity contribution in [2.75, 3.05) is 0 Å². The minimum Gasteiger partial charge on any atom is -0.456 e. The lowest BCUT2D eigenvalue weighted by molar-refractivity contribution is 0.668. The first-order valence-corrected chi connectivity index (χ1v) is 22.0. The van der Waals surface area contributed by atoms with E-state index in [2.05, 4.69) is 221 Å². The number of nitriles is 1. The van der Waals surface area contributed by atoms with Gasteiger partial charge in [-0.3, -0.25) is 0 Å². The zero-order valence-corrected chi connectivity index (χ0v) is 35.1. The molecule has 0 aliphatic rings. The smallest absolute Gasteiger partial charge is 0.139 e. The Morgan fingerprint density at radius 2 is 0.662 bits per heavy atom. The summed E-state index contributed by atoms with van der Waals surface area (Å²) in [6, 6.07) is 82.2. The molecule has 4 nitrogen and oxygen atoms in total. The molecule has 0 fully saturated rings. The topological polar surface area (TPSA) is 46.8 Å². The molecule has 0 unspecified atom stereocenters. The number of nitrogens with zero attached hydrogens (tertiary/aromatic N) is 3. The van der Waals surface area contributed by atoms with Crippen molar-refractivity contribution in [2.45, 2.75) is 0 Å². The normalized spacial score (nSPS) is 11.7. The molecule has 0 radical (unpaired) electrons. The summed E-state index contributed by atoms with van der Waals surface area (Å²) in [6.45, 7) is 0. The molecule has 13 rings (SSSR count). The van der Waals surface area contributed by atoms with Crippen LogP contribution in [-0.4, -0.2) is 9.13 Å². The van der Waals surface area contributed by atoms with Gasteiger partial charge in [0.25, 0.3) is 0 Å². The Morgan fingerprint density at radius 3 is 1.05 bits per heavy atom. The molecule has 0 saturated heterocycles. The number of hydrogen-bond donors (Lipinski definition) is 0. The van der Waals surface area contributed by atoms with Gasteiger partial charge in [0.1, 0.15) is 17.2 Å². The molecule has 4 heteroatoms. The SMILES string of the molecule is N#Cc1cc2oc3ccccc3c2c(-n2c3ccc(-c4ccccc4)cc3c3cc(-c4ccccc4)ccc32)c1-n1c2ccc(-c3ccccc3)cc2c2cc(-c3ccccc3)ccc21. The van der Waals surface area contributed by atoms with Crippen molar-refractivity contribution in [3.63, 3.8) is 0 Å². The summed E-state index contributed by atoms with van der Waals surface area (Å²) >= 11 is 0. The summed E-state index contributed by atoms with van der Waals surface area (Å²) in [5.74, 6) is 0. The molecule has 0 bridgehead atoms. The average molecular weight is 828 g/mol. The molecule has 0 atom stereocenters. The summed E-state index contributed by atoms with van der Waals surface area (Å²) in [5, 5.41) is 17.8. The Bertz CT molecular complexity index is 3850. The van der Waals surface area contributed by atoms with Crippen LogP contribution in [-0.2, 0) is 0 Å². The molecule has 3 aromatic heterocycles. The van der Waals surface area contributed by atoms with Crippen molar-refractivity contribution in [1.82, 2.24) is 9.13 Å². The van der Waals surface area contributed by atoms with Crippen LogP contribution in [0.25, 0.3) is 121 Å². The van der Waals surface area contributed by atoms with Crippen LogP contribution in [0, 0.1) is 11.3 Å². The highest BCUT2D eigenvalue weighted by Gasteiger charge is 2.28. The maximum absolute atomic E-state index is 11.4. The van der Waals surface area contributed by atoms with Crippen LogP contribution in [0.1, 0.15) is 5.56 Å². The number of fused-ring (bicyclic) bond motifs is 9. The largest absolute Gasteiger partial charge is 0.456 e. The predicted molar refractivity (Wildman–Crippen MR) is 269 cm³/mol. The molecule has 0 aliphatic carbocycles. The van der Waals surface area contributed by atoms with Crippen LogP contribution < -0.4 is 0 Å². The first kappa shape index (κ1) is 36.7. The monoisotopic (exact) mass is 827 g/mol. The number of benzene rings is 10. The third-order valence-corrected chi connectivity index (χ3v) is 13.1. The lowest BCUT2D eigenvalue weighted by atomic mass is 10.0. The zero-order valence-electron chi connectivity index (χ0n) is 35.1. The standard InChI is InChI=1S/C61H37N3O/c62-38-47-37-58-59(48-23-13-14-24-57(48)65-58)61(64-55-31-27-45(41-19-9-3-10-20-41)35-51(55)52-36-46(28-32-56(52)64)42-21-11-4-12-22-42)60(47)63-53-29-25-43(39-15-5-1-6-16-39)33-49(53)50-34-44(26-30-54(50)63)40-17-7-2-8-18-40/h1-37H. The number of aromatic nitrogens is 2. The van der Waals surface area contributed by atoms with E-state index in [1.54, 1.807) is 0 Å². The maximum Gasteiger partial charge on any atom is 0.139 e. The van der Waals surface area contributed by atoms with Crippen molar-refractivity contribution >= 4 is 65.6 Å². The van der Waals surface area contributed by atoms with Crippen LogP contribution in [0.3, 0.4) is 0 Å². The first-order valence-electron chi connectivity index (χ1n) is 22.0. The molecular weight excluding hydrogens is 791 g/mol. The van der Waals surface area contributed by atoms with E-state index in [-0.39, 0.29) is 0 Å². The second kappa shape index (κ2) is 14.6. The summed E-state index contributed by atoms with van der Waals surface area (Å²) < 4.78 is 11.4. The molecule has 302 valence electrons. The Balaban J connectivity index is 1.20. The van der Waals surface area contributed by atoms with Crippen LogP contribution in [0.5, 0.6) is 0 Å². The van der Waals surface area contributed by atoms with Crippen LogP contribution in [0.15, 0.2) is 229 Å². The number of para-hydroxylation sites is 1. The second-order valence-electron chi connectivity index (χ2n) is 16.8. The van der Waals surface area contributed by atoms with E-state index in [4.69, 9.17) is 4.42 Å². The lowest BCUT2D eigenvalue weighted by Crippen LogP contribution is -2.07. The fourth-order valence-corrected chi connectivity index (χ4v) is 10.2. The molecule has 10 aromatic carbocycles. The van der Waals surface area contributed by atoms with Crippen molar-refractivity contribution in [2.24, 2.45) is 0 Å². The molecule has 0 amide bonds. The van der Waals surface area contributed by atoms with E-state index in [0.29, 0.717) is 11.1 Å². The van der Waals surface area contributed by atoms with Crippen molar-refractivity contribution in [3.8, 4) is 62.0 Å². The van der Waals surface area contributed by atoms with Gasteiger partial charge in [0, 0.05) is 33.0 Å². The van der Waals surface area contributed by atoms with Gasteiger partial charge < -0.3 is 13.6 Å². The quantitative estimate of drug-likeness (QED) is 0.168. The Hall–Kier alpha value is -8.91. The fraction of sp³-hybridized carbons (Fsp3) is 0. The average Bonchev–Trinajstić information content (AvgIpc) is 4.03. The highest BCUT2D eigenvalue weighted by Crippen LogP contribution is 2.47. The van der Waals surface area contributed by atoms with Crippen molar-refractivity contribution in [3.05, 3.63) is 230 Å². The zero-order chi connectivity index (χ0) is 43.0. The van der Waals surface area contributed by atoms with Gasteiger partial charge in [0.2, 0.25) is 0 Å².